The number of halogens is 1. The molecule has 132 valence electrons. The fraction of sp³-hybridized carbons (Fsp3) is 0.222. The van der Waals surface area contributed by atoms with Crippen molar-refractivity contribution in [3.05, 3.63) is 58.1 Å². The lowest BCUT2D eigenvalue weighted by atomic mass is 10.2. The van der Waals surface area contributed by atoms with E-state index < -0.39 is 10.8 Å². The smallest absolute Gasteiger partial charge is 0.251 e. The Morgan fingerprint density at radius 2 is 1.80 bits per heavy atom. The molecule has 0 aliphatic rings. The molecule has 0 aliphatic heterocycles. The van der Waals surface area contributed by atoms with Gasteiger partial charge in [-0.15, -0.1) is 0 Å². The monoisotopic (exact) mass is 422 g/mol. The van der Waals surface area contributed by atoms with Gasteiger partial charge in [0.15, 0.2) is 0 Å². The van der Waals surface area contributed by atoms with Crippen LogP contribution in [0.2, 0.25) is 0 Å². The first kappa shape index (κ1) is 19.3. The number of rotatable bonds is 6. The topological polar surface area (TPSA) is 75.3 Å². The molecule has 2 aromatic carbocycles. The van der Waals surface area contributed by atoms with Crippen LogP contribution in [0.15, 0.2) is 51.8 Å². The highest BCUT2D eigenvalue weighted by Gasteiger charge is 2.09. The van der Waals surface area contributed by atoms with E-state index in [2.05, 4.69) is 26.6 Å². The SMILES string of the molecule is Cc1ccc(Br)cc1NC(=O)CCNC(=O)c1ccc(S(C)=O)cc1. The van der Waals surface area contributed by atoms with E-state index in [4.69, 9.17) is 0 Å². The largest absolute Gasteiger partial charge is 0.352 e. The van der Waals surface area contributed by atoms with Crippen LogP contribution < -0.4 is 10.6 Å². The van der Waals surface area contributed by atoms with Gasteiger partial charge in [0.1, 0.15) is 0 Å². The summed E-state index contributed by atoms with van der Waals surface area (Å²) in [5, 5.41) is 5.54. The number of carbonyl (C=O) groups is 2. The van der Waals surface area contributed by atoms with E-state index in [1.165, 1.54) is 0 Å². The van der Waals surface area contributed by atoms with Crippen molar-refractivity contribution in [2.24, 2.45) is 0 Å². The van der Waals surface area contributed by atoms with Gasteiger partial charge in [-0.2, -0.15) is 0 Å². The molecule has 2 rings (SSSR count). The molecule has 7 heteroatoms. The van der Waals surface area contributed by atoms with Crippen molar-refractivity contribution < 1.29 is 13.8 Å². The van der Waals surface area contributed by atoms with E-state index in [9.17, 15) is 13.8 Å². The van der Waals surface area contributed by atoms with E-state index in [1.54, 1.807) is 30.5 Å². The van der Waals surface area contributed by atoms with E-state index in [1.807, 2.05) is 25.1 Å². The molecule has 0 saturated carbocycles. The number of carbonyl (C=O) groups excluding carboxylic acids is 2. The van der Waals surface area contributed by atoms with Gasteiger partial charge in [-0.25, -0.2) is 0 Å². The highest BCUT2D eigenvalue weighted by atomic mass is 79.9. The molecular formula is C18H19BrN2O3S. The summed E-state index contributed by atoms with van der Waals surface area (Å²) in [5.41, 5.74) is 2.18. The van der Waals surface area contributed by atoms with Crippen molar-refractivity contribution >= 4 is 44.2 Å². The third-order valence-electron chi connectivity index (χ3n) is 3.56. The third kappa shape index (κ3) is 5.79. The lowest BCUT2D eigenvalue weighted by Gasteiger charge is -2.09. The van der Waals surface area contributed by atoms with Crippen LogP contribution in [0.25, 0.3) is 0 Å². The molecule has 1 unspecified atom stereocenters. The maximum Gasteiger partial charge on any atom is 0.251 e. The van der Waals surface area contributed by atoms with E-state index in [0.29, 0.717) is 10.5 Å². The first-order valence-electron chi connectivity index (χ1n) is 7.64. The number of hydrogen-bond acceptors (Lipinski definition) is 3. The summed E-state index contributed by atoms with van der Waals surface area (Å²) in [7, 11) is -1.07. The first-order chi connectivity index (χ1) is 11.9. The summed E-state index contributed by atoms with van der Waals surface area (Å²) < 4.78 is 12.2. The second kappa shape index (κ2) is 8.92. The van der Waals surface area contributed by atoms with Gasteiger partial charge in [-0.05, 0) is 48.9 Å². The van der Waals surface area contributed by atoms with E-state index >= 15 is 0 Å². The zero-order valence-electron chi connectivity index (χ0n) is 14.0. The Labute approximate surface area is 157 Å². The molecule has 0 heterocycles. The predicted octanol–water partition coefficient (Wildman–Crippen LogP) is 3.25. The number of anilines is 1. The fourth-order valence-corrected chi connectivity index (χ4v) is 3.01. The van der Waals surface area contributed by atoms with Gasteiger partial charge in [0.2, 0.25) is 5.91 Å². The Morgan fingerprint density at radius 3 is 2.44 bits per heavy atom. The van der Waals surface area contributed by atoms with Crippen molar-refractivity contribution in [2.45, 2.75) is 18.2 Å². The average molecular weight is 423 g/mol. The minimum atomic E-state index is -1.07. The lowest BCUT2D eigenvalue weighted by molar-refractivity contribution is -0.116. The molecule has 0 fully saturated rings. The molecule has 0 aromatic heterocycles. The molecule has 2 aromatic rings. The molecule has 0 saturated heterocycles. The Balaban J connectivity index is 1.83. The normalized spacial score (nSPS) is 11.6. The van der Waals surface area contributed by atoms with Gasteiger partial charge >= 0.3 is 0 Å². The second-order valence-corrected chi connectivity index (χ2v) is 7.79. The molecule has 5 nitrogen and oxygen atoms in total. The number of aryl methyl sites for hydroxylation is 1. The molecular weight excluding hydrogens is 404 g/mol. The van der Waals surface area contributed by atoms with E-state index in [0.717, 1.165) is 15.7 Å². The van der Waals surface area contributed by atoms with Crippen molar-refractivity contribution in [1.82, 2.24) is 5.32 Å². The Kier molecular flexibility index (Phi) is 6.90. The number of benzene rings is 2. The maximum absolute atomic E-state index is 12.0. The summed E-state index contributed by atoms with van der Waals surface area (Å²) in [4.78, 5) is 24.7. The zero-order chi connectivity index (χ0) is 18.4. The first-order valence-corrected chi connectivity index (χ1v) is 9.99. The number of amides is 2. The third-order valence-corrected chi connectivity index (χ3v) is 4.99. The van der Waals surface area contributed by atoms with Gasteiger partial charge in [0.25, 0.3) is 5.91 Å². The van der Waals surface area contributed by atoms with Crippen molar-refractivity contribution in [1.29, 1.82) is 0 Å². The maximum atomic E-state index is 12.0. The summed E-state index contributed by atoms with van der Waals surface area (Å²) in [5.74, 6) is -0.432. The van der Waals surface area contributed by atoms with Crippen LogP contribution in [-0.4, -0.2) is 28.8 Å². The van der Waals surface area contributed by atoms with Gasteiger partial charge in [-0.3, -0.25) is 13.8 Å². The Hall–Kier alpha value is -1.99. The zero-order valence-corrected chi connectivity index (χ0v) is 16.4. The van der Waals surface area contributed by atoms with Crippen molar-refractivity contribution in [3.8, 4) is 0 Å². The Bertz CT molecular complexity index is 806. The minimum Gasteiger partial charge on any atom is -0.352 e. The van der Waals surface area contributed by atoms with Crippen LogP contribution in [0.4, 0.5) is 5.69 Å². The Morgan fingerprint density at radius 1 is 1.12 bits per heavy atom. The van der Waals surface area contributed by atoms with Crippen LogP contribution in [0.5, 0.6) is 0 Å². The van der Waals surface area contributed by atoms with Crippen LogP contribution >= 0.6 is 15.9 Å². The standard InChI is InChI=1S/C18H19BrN2O3S/c1-12-3-6-14(19)11-16(12)21-17(22)9-10-20-18(23)13-4-7-15(8-5-13)25(2)24/h3-8,11H,9-10H2,1-2H3,(H,20,23)(H,21,22). The van der Waals surface area contributed by atoms with Crippen LogP contribution in [0.3, 0.4) is 0 Å². The number of hydrogen-bond donors (Lipinski definition) is 2. The molecule has 0 bridgehead atoms. The predicted molar refractivity (Wildman–Crippen MR) is 103 cm³/mol. The van der Waals surface area contributed by atoms with Crippen molar-refractivity contribution in [2.75, 3.05) is 18.1 Å². The highest BCUT2D eigenvalue weighted by Crippen LogP contribution is 2.20. The summed E-state index contributed by atoms with van der Waals surface area (Å²) >= 11 is 3.37. The van der Waals surface area contributed by atoms with Gasteiger partial charge in [0, 0.05) is 50.6 Å². The lowest BCUT2D eigenvalue weighted by Crippen LogP contribution is -2.27. The molecule has 0 radical (unpaired) electrons. The summed E-state index contributed by atoms with van der Waals surface area (Å²) in [6.07, 6.45) is 1.76. The van der Waals surface area contributed by atoms with Gasteiger partial charge in [-0.1, -0.05) is 22.0 Å². The molecule has 25 heavy (non-hydrogen) atoms. The fourth-order valence-electron chi connectivity index (χ4n) is 2.13. The molecule has 0 spiro atoms. The van der Waals surface area contributed by atoms with Crippen molar-refractivity contribution in [3.63, 3.8) is 0 Å². The summed E-state index contributed by atoms with van der Waals surface area (Å²) in [6, 6.07) is 12.2. The van der Waals surface area contributed by atoms with E-state index in [-0.39, 0.29) is 24.8 Å². The molecule has 2 N–H and O–H groups in total. The van der Waals surface area contributed by atoms with Gasteiger partial charge < -0.3 is 10.6 Å². The second-order valence-electron chi connectivity index (χ2n) is 5.49. The van der Waals surface area contributed by atoms with Crippen LogP contribution in [0.1, 0.15) is 22.3 Å². The molecule has 2 amide bonds. The molecule has 0 aliphatic carbocycles. The minimum absolute atomic E-state index is 0.168. The van der Waals surface area contributed by atoms with Crippen LogP contribution in [-0.2, 0) is 15.6 Å². The summed E-state index contributed by atoms with van der Waals surface area (Å²) in [6.45, 7) is 2.15. The average Bonchev–Trinajstić information content (AvgIpc) is 2.58. The van der Waals surface area contributed by atoms with Gasteiger partial charge in [0.05, 0.1) is 0 Å². The molecule has 1 atom stereocenters. The highest BCUT2D eigenvalue weighted by molar-refractivity contribution is 9.10. The number of nitrogens with one attached hydrogen (secondary N) is 2. The van der Waals surface area contributed by atoms with Crippen LogP contribution in [0, 0.1) is 6.92 Å². The quantitative estimate of drug-likeness (QED) is 0.749.